The van der Waals surface area contributed by atoms with Crippen molar-refractivity contribution in [1.29, 1.82) is 0 Å². The van der Waals surface area contributed by atoms with Crippen molar-refractivity contribution in [3.8, 4) is 0 Å². The summed E-state index contributed by atoms with van der Waals surface area (Å²) in [5.41, 5.74) is 0.356. The number of guanidine groups is 1. The Kier molecular flexibility index (Phi) is 6.76. The van der Waals surface area contributed by atoms with E-state index < -0.39 is 0 Å². The van der Waals surface area contributed by atoms with E-state index in [-0.39, 0.29) is 24.0 Å². The maximum atomic E-state index is 5.90. The summed E-state index contributed by atoms with van der Waals surface area (Å²) in [6.45, 7) is 3.72. The van der Waals surface area contributed by atoms with Gasteiger partial charge < -0.3 is 19.8 Å². The molecular weight excluding hydrogens is 405 g/mol. The zero-order valence-corrected chi connectivity index (χ0v) is 16.3. The molecule has 2 aliphatic rings. The van der Waals surface area contributed by atoms with Crippen LogP contribution in [0.25, 0.3) is 0 Å². The summed E-state index contributed by atoms with van der Waals surface area (Å²) in [5, 5.41) is 6.97. The van der Waals surface area contributed by atoms with Gasteiger partial charge in [-0.3, -0.25) is 4.99 Å². The van der Waals surface area contributed by atoms with E-state index in [0.717, 1.165) is 37.7 Å². The van der Waals surface area contributed by atoms with E-state index in [1.165, 1.54) is 19.3 Å². The number of halogens is 1. The van der Waals surface area contributed by atoms with Crippen LogP contribution >= 0.6 is 24.0 Å². The molecule has 0 aromatic carbocycles. The first-order valence-electron chi connectivity index (χ1n) is 8.39. The van der Waals surface area contributed by atoms with E-state index in [4.69, 9.17) is 9.15 Å². The van der Waals surface area contributed by atoms with Crippen LogP contribution in [0.3, 0.4) is 0 Å². The lowest BCUT2D eigenvalue weighted by molar-refractivity contribution is -0.168. The van der Waals surface area contributed by atoms with Crippen molar-refractivity contribution in [1.82, 2.24) is 10.6 Å². The molecule has 5 nitrogen and oxygen atoms in total. The lowest BCUT2D eigenvalue weighted by atomic mass is 9.51. The van der Waals surface area contributed by atoms with E-state index in [2.05, 4.69) is 22.5 Å². The summed E-state index contributed by atoms with van der Waals surface area (Å²) in [5.74, 6) is 1.89. The number of furan rings is 1. The van der Waals surface area contributed by atoms with Crippen LogP contribution in [-0.4, -0.2) is 38.3 Å². The molecule has 2 fully saturated rings. The average Bonchev–Trinajstić information content (AvgIpc) is 2.95. The Hall–Kier alpha value is -0.760. The van der Waals surface area contributed by atoms with Crippen molar-refractivity contribution in [3.63, 3.8) is 0 Å². The molecule has 23 heavy (non-hydrogen) atoms. The monoisotopic (exact) mass is 433 g/mol. The first kappa shape index (κ1) is 18.6. The van der Waals surface area contributed by atoms with Crippen molar-refractivity contribution in [3.05, 3.63) is 24.2 Å². The summed E-state index contributed by atoms with van der Waals surface area (Å²) in [4.78, 5) is 4.35. The summed E-state index contributed by atoms with van der Waals surface area (Å²) in [6, 6.07) is 4.41. The molecule has 2 saturated carbocycles. The maximum Gasteiger partial charge on any atom is 0.191 e. The van der Waals surface area contributed by atoms with Crippen molar-refractivity contribution in [2.75, 3.05) is 20.2 Å². The highest BCUT2D eigenvalue weighted by Crippen LogP contribution is 2.57. The summed E-state index contributed by atoms with van der Waals surface area (Å²) in [7, 11) is 1.83. The smallest absolute Gasteiger partial charge is 0.191 e. The fourth-order valence-corrected chi connectivity index (χ4v) is 3.76. The molecular formula is C17H28IN3O2. The molecule has 0 aliphatic heterocycles. The van der Waals surface area contributed by atoms with Gasteiger partial charge in [0.1, 0.15) is 5.76 Å². The Morgan fingerprint density at radius 3 is 2.87 bits per heavy atom. The van der Waals surface area contributed by atoms with Crippen LogP contribution in [0.1, 0.15) is 38.4 Å². The number of nitrogens with zero attached hydrogens (tertiary/aromatic N) is 1. The first-order chi connectivity index (χ1) is 10.8. The molecule has 2 atom stereocenters. The second-order valence-corrected chi connectivity index (χ2v) is 6.29. The summed E-state index contributed by atoms with van der Waals surface area (Å²) >= 11 is 0. The highest BCUT2D eigenvalue weighted by Gasteiger charge is 2.59. The van der Waals surface area contributed by atoms with Crippen molar-refractivity contribution in [2.24, 2.45) is 10.4 Å². The van der Waals surface area contributed by atoms with Crippen LogP contribution in [0.4, 0.5) is 0 Å². The zero-order chi connectivity index (χ0) is 15.4. The summed E-state index contributed by atoms with van der Waals surface area (Å²) in [6.07, 6.45) is 7.98. The van der Waals surface area contributed by atoms with Crippen LogP contribution in [0, 0.1) is 5.41 Å². The Balaban J connectivity index is 0.00000192. The molecule has 0 radical (unpaired) electrons. The van der Waals surface area contributed by atoms with Crippen LogP contribution in [0.15, 0.2) is 27.8 Å². The minimum atomic E-state index is 0. The fourth-order valence-electron chi connectivity index (χ4n) is 3.76. The average molecular weight is 433 g/mol. The number of ether oxygens (including phenoxy) is 1. The molecule has 2 unspecified atom stereocenters. The standard InChI is InChI=1S/C17H27N3O2.HI/c1-3-21-15-12-14(17(15)8-5-9-17)20-16(18-2)19-10-7-13-6-4-11-22-13;/h4,6,11,14-15H,3,5,7-10,12H2,1-2H3,(H2,18,19,20);1H. The molecule has 0 saturated heterocycles. The molecule has 6 heteroatoms. The van der Waals surface area contributed by atoms with Gasteiger partial charge in [0.2, 0.25) is 0 Å². The minimum absolute atomic E-state index is 0. The van der Waals surface area contributed by atoms with Crippen LogP contribution in [0.5, 0.6) is 0 Å². The van der Waals surface area contributed by atoms with Crippen LogP contribution in [-0.2, 0) is 11.2 Å². The quantitative estimate of drug-likeness (QED) is 0.412. The first-order valence-corrected chi connectivity index (χ1v) is 8.39. The van der Waals surface area contributed by atoms with E-state index >= 15 is 0 Å². The zero-order valence-electron chi connectivity index (χ0n) is 14.0. The second kappa shape index (κ2) is 8.37. The van der Waals surface area contributed by atoms with Crippen molar-refractivity contribution < 1.29 is 9.15 Å². The molecule has 1 spiro atoms. The molecule has 130 valence electrons. The van der Waals surface area contributed by atoms with Gasteiger partial charge in [-0.25, -0.2) is 0 Å². The van der Waals surface area contributed by atoms with Gasteiger partial charge in [-0.2, -0.15) is 0 Å². The molecule has 0 amide bonds. The molecule has 2 N–H and O–H groups in total. The number of rotatable bonds is 6. The topological polar surface area (TPSA) is 58.8 Å². The van der Waals surface area contributed by atoms with E-state index in [9.17, 15) is 0 Å². The van der Waals surface area contributed by atoms with Gasteiger partial charge >= 0.3 is 0 Å². The molecule has 0 bridgehead atoms. The van der Waals surface area contributed by atoms with Gasteiger partial charge in [0, 0.05) is 38.1 Å². The van der Waals surface area contributed by atoms with Crippen LogP contribution < -0.4 is 10.6 Å². The Labute approximate surface area is 155 Å². The molecule has 1 heterocycles. The van der Waals surface area contributed by atoms with Crippen molar-refractivity contribution in [2.45, 2.75) is 51.2 Å². The lowest BCUT2D eigenvalue weighted by Crippen LogP contribution is -2.68. The Bertz CT molecular complexity index is 500. The number of hydrogen-bond acceptors (Lipinski definition) is 3. The summed E-state index contributed by atoms with van der Waals surface area (Å²) < 4.78 is 11.2. The van der Waals surface area contributed by atoms with Crippen molar-refractivity contribution >= 4 is 29.9 Å². The molecule has 2 aliphatic carbocycles. The predicted octanol–water partition coefficient (Wildman–Crippen LogP) is 2.95. The SMILES string of the molecule is CCOC1CC(NC(=NC)NCCc2ccco2)C12CCC2.I. The van der Waals surface area contributed by atoms with E-state index in [1.807, 2.05) is 19.2 Å². The molecule has 3 rings (SSSR count). The van der Waals surface area contributed by atoms with Gasteiger partial charge in [0.25, 0.3) is 0 Å². The van der Waals surface area contributed by atoms with Gasteiger partial charge in [-0.15, -0.1) is 24.0 Å². The number of nitrogens with one attached hydrogen (secondary N) is 2. The molecule has 1 aromatic rings. The number of aliphatic imine (C=N–C) groups is 1. The highest BCUT2D eigenvalue weighted by atomic mass is 127. The van der Waals surface area contributed by atoms with Gasteiger partial charge in [-0.1, -0.05) is 6.42 Å². The van der Waals surface area contributed by atoms with Gasteiger partial charge in [0.15, 0.2) is 5.96 Å². The second-order valence-electron chi connectivity index (χ2n) is 6.29. The maximum absolute atomic E-state index is 5.90. The van der Waals surface area contributed by atoms with Gasteiger partial charge in [-0.05, 0) is 38.3 Å². The predicted molar refractivity (Wildman–Crippen MR) is 102 cm³/mol. The Morgan fingerprint density at radius 2 is 2.30 bits per heavy atom. The highest BCUT2D eigenvalue weighted by molar-refractivity contribution is 14.0. The lowest BCUT2D eigenvalue weighted by Gasteiger charge is -2.61. The third-order valence-electron chi connectivity index (χ3n) is 5.22. The normalized spacial score (nSPS) is 25.2. The third-order valence-corrected chi connectivity index (χ3v) is 5.22. The minimum Gasteiger partial charge on any atom is -0.469 e. The third kappa shape index (κ3) is 3.84. The van der Waals surface area contributed by atoms with E-state index in [0.29, 0.717) is 17.6 Å². The molecule has 1 aromatic heterocycles. The number of hydrogen-bond donors (Lipinski definition) is 2. The largest absolute Gasteiger partial charge is 0.469 e. The van der Waals surface area contributed by atoms with Gasteiger partial charge in [0.05, 0.1) is 12.4 Å². The Morgan fingerprint density at radius 1 is 1.48 bits per heavy atom. The van der Waals surface area contributed by atoms with Crippen LogP contribution in [0.2, 0.25) is 0 Å². The fraction of sp³-hybridized carbons (Fsp3) is 0.706. The van der Waals surface area contributed by atoms with E-state index in [1.54, 1.807) is 6.26 Å².